The van der Waals surface area contributed by atoms with Crippen LogP contribution in [0, 0.1) is 0 Å². The molecule has 2 saturated heterocycles. The van der Waals surface area contributed by atoms with Crippen molar-refractivity contribution < 1.29 is 19.4 Å². The highest BCUT2D eigenvalue weighted by molar-refractivity contribution is 5.95. The lowest BCUT2D eigenvalue weighted by Gasteiger charge is -2.38. The zero-order valence-electron chi connectivity index (χ0n) is 22.8. The molecule has 2 unspecified atom stereocenters. The first-order valence-electron chi connectivity index (χ1n) is 14.2. The van der Waals surface area contributed by atoms with Gasteiger partial charge in [-0.2, -0.15) is 0 Å². The van der Waals surface area contributed by atoms with Crippen LogP contribution in [-0.2, 0) is 16.0 Å². The Morgan fingerprint density at radius 3 is 2.47 bits per heavy atom. The van der Waals surface area contributed by atoms with E-state index in [1.165, 1.54) is 12.8 Å². The molecule has 8 heteroatoms. The molecule has 0 bridgehead atoms. The number of amides is 1. The van der Waals surface area contributed by atoms with Gasteiger partial charge >= 0.3 is 0 Å². The third-order valence-corrected chi connectivity index (χ3v) is 7.93. The number of benzene rings is 2. The summed E-state index contributed by atoms with van der Waals surface area (Å²) >= 11 is 0. The molecule has 3 aliphatic rings. The number of rotatable bonds is 8. The number of aliphatic hydroxyl groups excluding tert-OH is 1. The Bertz CT molecular complexity index is 1080. The number of ether oxygens (including phenoxy) is 2. The molecule has 5 rings (SSSR count). The molecule has 2 atom stereocenters. The quantitative estimate of drug-likeness (QED) is 0.546. The number of carbonyl (C=O) groups excluding carboxylic acids is 1. The minimum Gasteiger partial charge on any atom is -0.478 e. The average Bonchev–Trinajstić information content (AvgIpc) is 2.96. The molecular weight excluding hydrogens is 480 g/mol. The monoisotopic (exact) mass is 522 g/mol. The molecule has 3 aliphatic heterocycles. The predicted octanol–water partition coefficient (Wildman–Crippen LogP) is 3.83. The number of hydrogen-bond donors (Lipinski definition) is 2. The topological polar surface area (TPSA) is 77.5 Å². The molecule has 2 fully saturated rings. The second-order valence-corrected chi connectivity index (χ2v) is 10.7. The van der Waals surface area contributed by atoms with Gasteiger partial charge in [0.15, 0.2) is 6.10 Å². The summed E-state index contributed by atoms with van der Waals surface area (Å²) in [6.07, 6.45) is 2.68. The van der Waals surface area contributed by atoms with E-state index in [4.69, 9.17) is 9.47 Å². The molecule has 8 nitrogen and oxygen atoms in total. The number of fused-ring (bicyclic) bond motifs is 1. The van der Waals surface area contributed by atoms with Gasteiger partial charge < -0.3 is 29.7 Å². The van der Waals surface area contributed by atoms with Crippen molar-refractivity contribution in [2.24, 2.45) is 0 Å². The van der Waals surface area contributed by atoms with Crippen LogP contribution in [0.3, 0.4) is 0 Å². The van der Waals surface area contributed by atoms with E-state index < -0.39 is 12.2 Å². The SMILES string of the molecule is CCCCN1CCN(c2cc(C(C)O)cc3c2OC(C(=O)Nc2ccc(N4CCOCC4)cc2)CC3)CC1. The molecule has 2 aromatic rings. The van der Waals surface area contributed by atoms with E-state index in [0.29, 0.717) is 6.42 Å². The van der Waals surface area contributed by atoms with E-state index in [2.05, 4.69) is 33.0 Å². The smallest absolute Gasteiger partial charge is 0.265 e. The van der Waals surface area contributed by atoms with Crippen LogP contribution in [0.5, 0.6) is 5.75 Å². The van der Waals surface area contributed by atoms with Gasteiger partial charge in [0.1, 0.15) is 5.75 Å². The third kappa shape index (κ3) is 6.25. The van der Waals surface area contributed by atoms with Crippen LogP contribution in [0.15, 0.2) is 36.4 Å². The summed E-state index contributed by atoms with van der Waals surface area (Å²) in [6.45, 7) is 12.3. The lowest BCUT2D eigenvalue weighted by atomic mass is 9.96. The molecule has 0 aromatic heterocycles. The van der Waals surface area contributed by atoms with Crippen molar-refractivity contribution in [1.29, 1.82) is 0 Å². The number of aliphatic hydroxyl groups is 1. The maximum atomic E-state index is 13.2. The van der Waals surface area contributed by atoms with E-state index in [9.17, 15) is 9.90 Å². The number of carbonyl (C=O) groups is 1. The predicted molar refractivity (Wildman–Crippen MR) is 151 cm³/mol. The number of nitrogens with one attached hydrogen (secondary N) is 1. The lowest BCUT2D eigenvalue weighted by Crippen LogP contribution is -2.47. The average molecular weight is 523 g/mol. The van der Waals surface area contributed by atoms with Crippen molar-refractivity contribution in [3.05, 3.63) is 47.5 Å². The Morgan fingerprint density at radius 1 is 1.05 bits per heavy atom. The minimum absolute atomic E-state index is 0.121. The highest BCUT2D eigenvalue weighted by Gasteiger charge is 2.31. The highest BCUT2D eigenvalue weighted by atomic mass is 16.5. The zero-order valence-corrected chi connectivity index (χ0v) is 22.8. The highest BCUT2D eigenvalue weighted by Crippen LogP contribution is 2.40. The summed E-state index contributed by atoms with van der Waals surface area (Å²) in [5.41, 5.74) is 4.89. The van der Waals surface area contributed by atoms with Gasteiger partial charge in [0.05, 0.1) is 25.0 Å². The Morgan fingerprint density at radius 2 is 1.79 bits per heavy atom. The fraction of sp³-hybridized carbons (Fsp3) is 0.567. The number of anilines is 3. The summed E-state index contributed by atoms with van der Waals surface area (Å²) in [6, 6.07) is 12.1. The van der Waals surface area contributed by atoms with Gasteiger partial charge in [-0.1, -0.05) is 13.3 Å². The standard InChI is InChI=1S/C30H42N4O4/c1-3-4-11-32-12-14-34(15-13-32)27-21-24(22(2)35)20-23-5-10-28(38-29(23)27)30(36)31-25-6-8-26(9-7-25)33-16-18-37-19-17-33/h6-9,20-22,28,35H,3-5,10-19H2,1-2H3,(H,31,36). The maximum Gasteiger partial charge on any atom is 0.265 e. The van der Waals surface area contributed by atoms with E-state index in [-0.39, 0.29) is 5.91 Å². The number of unbranched alkanes of at least 4 members (excludes halogenated alkanes) is 1. The number of hydrogen-bond acceptors (Lipinski definition) is 7. The second-order valence-electron chi connectivity index (χ2n) is 10.7. The van der Waals surface area contributed by atoms with Gasteiger partial charge in [0.2, 0.25) is 0 Å². The molecule has 1 amide bonds. The van der Waals surface area contributed by atoms with E-state index in [1.54, 1.807) is 6.92 Å². The van der Waals surface area contributed by atoms with Crippen LogP contribution in [0.4, 0.5) is 17.1 Å². The summed E-state index contributed by atoms with van der Waals surface area (Å²) in [4.78, 5) is 20.4. The first-order valence-corrected chi connectivity index (χ1v) is 14.2. The molecule has 206 valence electrons. The fourth-order valence-corrected chi connectivity index (χ4v) is 5.56. The van der Waals surface area contributed by atoms with Gasteiger partial charge in [0.25, 0.3) is 5.91 Å². The molecule has 2 aromatic carbocycles. The van der Waals surface area contributed by atoms with E-state index in [1.807, 2.05) is 30.3 Å². The van der Waals surface area contributed by atoms with Crippen LogP contribution < -0.4 is 19.9 Å². The summed E-state index contributed by atoms with van der Waals surface area (Å²) < 4.78 is 11.9. The number of nitrogens with zero attached hydrogens (tertiary/aromatic N) is 3. The van der Waals surface area contributed by atoms with Crippen molar-refractivity contribution in [2.45, 2.75) is 51.7 Å². The largest absolute Gasteiger partial charge is 0.478 e. The van der Waals surface area contributed by atoms with E-state index in [0.717, 1.165) is 99.4 Å². The van der Waals surface area contributed by atoms with E-state index >= 15 is 0 Å². The second kappa shape index (κ2) is 12.4. The van der Waals surface area contributed by atoms with Crippen molar-refractivity contribution in [1.82, 2.24) is 4.90 Å². The Balaban J connectivity index is 1.27. The van der Waals surface area contributed by atoms with Gasteiger partial charge in [-0.3, -0.25) is 9.69 Å². The third-order valence-electron chi connectivity index (χ3n) is 7.93. The molecule has 0 spiro atoms. The number of piperazine rings is 1. The van der Waals surface area contributed by atoms with Crippen molar-refractivity contribution >= 4 is 23.0 Å². The van der Waals surface area contributed by atoms with Gasteiger partial charge in [-0.05, 0) is 80.3 Å². The molecule has 2 N–H and O–H groups in total. The molecule has 3 heterocycles. The minimum atomic E-state index is -0.552. The van der Waals surface area contributed by atoms with Crippen LogP contribution in [0.25, 0.3) is 0 Å². The Labute approximate surface area is 226 Å². The molecule has 0 saturated carbocycles. The fourth-order valence-electron chi connectivity index (χ4n) is 5.56. The van der Waals surface area contributed by atoms with Crippen LogP contribution >= 0.6 is 0 Å². The molecular formula is C30H42N4O4. The number of morpholine rings is 1. The Kier molecular flexibility index (Phi) is 8.72. The molecule has 0 aliphatic carbocycles. The first-order chi connectivity index (χ1) is 18.5. The van der Waals surface area contributed by atoms with Gasteiger partial charge in [0, 0.05) is 50.6 Å². The molecule has 0 radical (unpaired) electrons. The van der Waals surface area contributed by atoms with Crippen LogP contribution in [0.1, 0.15) is 50.3 Å². The lowest BCUT2D eigenvalue weighted by molar-refractivity contribution is -0.123. The summed E-state index contributed by atoms with van der Waals surface area (Å²) in [5, 5.41) is 13.4. The van der Waals surface area contributed by atoms with Gasteiger partial charge in [-0.15, -0.1) is 0 Å². The van der Waals surface area contributed by atoms with Crippen LogP contribution in [0.2, 0.25) is 0 Å². The van der Waals surface area contributed by atoms with Crippen molar-refractivity contribution in [3.8, 4) is 5.75 Å². The molecule has 38 heavy (non-hydrogen) atoms. The maximum absolute atomic E-state index is 13.2. The Hall–Kier alpha value is -2.81. The normalized spacial score (nSPS) is 21.0. The van der Waals surface area contributed by atoms with Crippen molar-refractivity contribution in [3.63, 3.8) is 0 Å². The zero-order chi connectivity index (χ0) is 26.5. The summed E-state index contributed by atoms with van der Waals surface area (Å²) in [5.74, 6) is 0.676. The van der Waals surface area contributed by atoms with Crippen molar-refractivity contribution in [2.75, 3.05) is 74.1 Å². The summed E-state index contributed by atoms with van der Waals surface area (Å²) in [7, 11) is 0. The van der Waals surface area contributed by atoms with Gasteiger partial charge in [-0.25, -0.2) is 0 Å². The number of aryl methyl sites for hydroxylation is 1. The van der Waals surface area contributed by atoms with Crippen LogP contribution in [-0.4, -0.2) is 81.0 Å². The first kappa shape index (κ1) is 26.8.